The first-order chi connectivity index (χ1) is 5.56. The lowest BCUT2D eigenvalue weighted by atomic mass is 9.76. The Morgan fingerprint density at radius 3 is 2.42 bits per heavy atom. The summed E-state index contributed by atoms with van der Waals surface area (Å²) in [5.41, 5.74) is -0.853. The molecule has 0 aromatic carbocycles. The van der Waals surface area contributed by atoms with Crippen LogP contribution in [0.3, 0.4) is 0 Å². The summed E-state index contributed by atoms with van der Waals surface area (Å²) in [6.07, 6.45) is -1.52. The Morgan fingerprint density at radius 1 is 1.50 bits per heavy atom. The first kappa shape index (κ1) is 9.99. The molecule has 4 nitrogen and oxygen atoms in total. The van der Waals surface area contributed by atoms with Gasteiger partial charge in [0.2, 0.25) is 0 Å². The molecule has 3 N–H and O–H groups in total. The molecular formula is C7H13BO4. The minimum atomic E-state index is -0.931. The molecule has 2 radical (unpaired) electrons. The van der Waals surface area contributed by atoms with Crippen LogP contribution in [0.4, 0.5) is 0 Å². The highest BCUT2D eigenvalue weighted by Gasteiger charge is 2.50. The van der Waals surface area contributed by atoms with Crippen molar-refractivity contribution in [3.63, 3.8) is 0 Å². The monoisotopic (exact) mass is 172 g/mol. The molecule has 4 atom stereocenters. The quantitative estimate of drug-likeness (QED) is 0.431. The van der Waals surface area contributed by atoms with E-state index in [0.717, 1.165) is 0 Å². The van der Waals surface area contributed by atoms with E-state index in [-0.39, 0.29) is 13.2 Å². The van der Waals surface area contributed by atoms with E-state index in [1.54, 1.807) is 6.92 Å². The number of ether oxygens (including phenoxy) is 1. The first-order valence-corrected chi connectivity index (χ1v) is 3.87. The number of rotatable bonds is 2. The van der Waals surface area contributed by atoms with E-state index in [9.17, 15) is 5.11 Å². The summed E-state index contributed by atoms with van der Waals surface area (Å²) in [5, 5.41) is 27.4. The predicted molar refractivity (Wildman–Crippen MR) is 42.7 cm³/mol. The molecule has 0 spiro atoms. The van der Waals surface area contributed by atoms with Crippen molar-refractivity contribution < 1.29 is 20.1 Å². The van der Waals surface area contributed by atoms with Crippen LogP contribution in [-0.2, 0) is 4.74 Å². The van der Waals surface area contributed by atoms with Crippen molar-refractivity contribution >= 4 is 7.85 Å². The minimum absolute atomic E-state index is 0.248. The Bertz CT molecular complexity index is 165. The average molecular weight is 172 g/mol. The van der Waals surface area contributed by atoms with Crippen LogP contribution >= 0.6 is 0 Å². The Hall–Kier alpha value is -0.0951. The Morgan fingerprint density at radius 2 is 2.08 bits per heavy atom. The summed E-state index contributed by atoms with van der Waals surface area (Å²) in [6.45, 7) is 1.13. The van der Waals surface area contributed by atoms with Crippen molar-refractivity contribution in [3.05, 3.63) is 0 Å². The third-order valence-electron chi connectivity index (χ3n) is 2.55. The van der Waals surface area contributed by atoms with Crippen molar-refractivity contribution in [2.24, 2.45) is 5.41 Å². The number of hydrogen-bond donors (Lipinski definition) is 3. The van der Waals surface area contributed by atoms with Crippen LogP contribution in [0.25, 0.3) is 0 Å². The van der Waals surface area contributed by atoms with Gasteiger partial charge in [-0.3, -0.25) is 0 Å². The van der Waals surface area contributed by atoms with Crippen LogP contribution in [0.1, 0.15) is 6.92 Å². The van der Waals surface area contributed by atoms with Gasteiger partial charge in [0.05, 0.1) is 25.4 Å². The van der Waals surface area contributed by atoms with E-state index in [4.69, 9.17) is 22.8 Å². The Labute approximate surface area is 72.6 Å². The van der Waals surface area contributed by atoms with Crippen molar-refractivity contribution in [1.29, 1.82) is 0 Å². The first-order valence-electron chi connectivity index (χ1n) is 3.87. The highest BCUT2D eigenvalue weighted by molar-refractivity contribution is 6.11. The highest BCUT2D eigenvalue weighted by atomic mass is 16.5. The number of hydrogen-bond acceptors (Lipinski definition) is 4. The molecule has 68 valence electrons. The van der Waals surface area contributed by atoms with Crippen molar-refractivity contribution in [2.45, 2.75) is 25.1 Å². The van der Waals surface area contributed by atoms with Gasteiger partial charge in [-0.1, -0.05) is 6.92 Å². The summed E-state index contributed by atoms with van der Waals surface area (Å²) in [6, 6.07) is -0.820. The van der Waals surface area contributed by atoms with Gasteiger partial charge < -0.3 is 20.1 Å². The lowest BCUT2D eigenvalue weighted by Crippen LogP contribution is -2.43. The van der Waals surface area contributed by atoms with Gasteiger partial charge in [-0.2, -0.15) is 0 Å². The minimum Gasteiger partial charge on any atom is -0.396 e. The Kier molecular flexibility index (Phi) is 2.78. The lowest BCUT2D eigenvalue weighted by molar-refractivity contribution is -0.0300. The van der Waals surface area contributed by atoms with Crippen molar-refractivity contribution in [1.82, 2.24) is 0 Å². The van der Waals surface area contributed by atoms with Crippen LogP contribution in [0.2, 0.25) is 0 Å². The molecule has 4 unspecified atom stereocenters. The van der Waals surface area contributed by atoms with Crippen LogP contribution in [0.15, 0.2) is 0 Å². The van der Waals surface area contributed by atoms with Crippen LogP contribution < -0.4 is 0 Å². The van der Waals surface area contributed by atoms with E-state index in [0.29, 0.717) is 0 Å². The largest absolute Gasteiger partial charge is 0.396 e. The second-order valence-electron chi connectivity index (χ2n) is 3.38. The fourth-order valence-electron chi connectivity index (χ4n) is 1.43. The van der Waals surface area contributed by atoms with Gasteiger partial charge in [0.25, 0.3) is 0 Å². The maximum atomic E-state index is 9.50. The molecule has 0 amide bonds. The van der Waals surface area contributed by atoms with E-state index in [1.807, 2.05) is 0 Å². The maximum Gasteiger partial charge on any atom is 0.112 e. The van der Waals surface area contributed by atoms with E-state index in [2.05, 4.69) is 0 Å². The predicted octanol–water partition coefficient (Wildman–Crippen LogP) is -1.77. The third-order valence-corrected chi connectivity index (χ3v) is 2.55. The van der Waals surface area contributed by atoms with Gasteiger partial charge in [-0.15, -0.1) is 0 Å². The lowest BCUT2D eigenvalue weighted by Gasteiger charge is -2.29. The summed E-state index contributed by atoms with van der Waals surface area (Å²) in [5.74, 6) is 0. The summed E-state index contributed by atoms with van der Waals surface area (Å²) in [7, 11) is 5.40. The van der Waals surface area contributed by atoms with Gasteiger partial charge >= 0.3 is 0 Å². The maximum absolute atomic E-state index is 9.50. The molecular weight excluding hydrogens is 159 g/mol. The topological polar surface area (TPSA) is 69.9 Å². The zero-order valence-electron chi connectivity index (χ0n) is 6.97. The summed E-state index contributed by atoms with van der Waals surface area (Å²) < 4.78 is 5.05. The Balaban J connectivity index is 2.80. The van der Waals surface area contributed by atoms with Gasteiger partial charge in [-0.25, -0.2) is 0 Å². The zero-order chi connectivity index (χ0) is 9.35. The van der Waals surface area contributed by atoms with E-state index >= 15 is 0 Å². The molecule has 1 aliphatic heterocycles. The SMILES string of the molecule is [B]C1OC(CO)C(C)(CO)C1O. The van der Waals surface area contributed by atoms with Gasteiger partial charge in [-0.05, 0) is 0 Å². The second-order valence-corrected chi connectivity index (χ2v) is 3.38. The van der Waals surface area contributed by atoms with E-state index < -0.39 is 23.6 Å². The molecule has 1 aliphatic rings. The standard InChI is InChI=1S/C7H13BO4/c1-7(3-10)4(2-9)12-6(8)5(7)11/h4-6,9-11H,2-3H2,1H3. The normalized spacial score (nSPS) is 48.2. The third kappa shape index (κ3) is 1.27. The molecule has 1 fully saturated rings. The molecule has 0 saturated carbocycles. The molecule has 0 aliphatic carbocycles. The molecule has 1 rings (SSSR count). The van der Waals surface area contributed by atoms with Crippen LogP contribution in [0.5, 0.6) is 0 Å². The molecule has 0 aromatic rings. The fourth-order valence-corrected chi connectivity index (χ4v) is 1.43. The molecule has 1 heterocycles. The van der Waals surface area contributed by atoms with Crippen LogP contribution in [0, 0.1) is 5.41 Å². The summed E-state index contributed by atoms with van der Waals surface area (Å²) >= 11 is 0. The van der Waals surface area contributed by atoms with Gasteiger partial charge in [0.1, 0.15) is 7.85 Å². The smallest absolute Gasteiger partial charge is 0.112 e. The molecule has 5 heteroatoms. The molecule has 1 saturated heterocycles. The van der Waals surface area contributed by atoms with E-state index in [1.165, 1.54) is 0 Å². The van der Waals surface area contributed by atoms with Crippen molar-refractivity contribution in [2.75, 3.05) is 13.2 Å². The van der Waals surface area contributed by atoms with Crippen LogP contribution in [-0.4, -0.2) is 54.6 Å². The van der Waals surface area contributed by atoms with Crippen molar-refractivity contribution in [3.8, 4) is 0 Å². The molecule has 12 heavy (non-hydrogen) atoms. The number of aliphatic hydroxyl groups is 3. The zero-order valence-corrected chi connectivity index (χ0v) is 6.97. The highest BCUT2D eigenvalue weighted by Crippen LogP contribution is 2.36. The van der Waals surface area contributed by atoms with Gasteiger partial charge in [0.15, 0.2) is 0 Å². The summed E-state index contributed by atoms with van der Waals surface area (Å²) in [4.78, 5) is 0. The second kappa shape index (κ2) is 3.34. The molecule has 0 aromatic heterocycles. The molecule has 0 bridgehead atoms. The average Bonchev–Trinajstić information content (AvgIpc) is 2.30. The number of aliphatic hydroxyl groups excluding tert-OH is 3. The van der Waals surface area contributed by atoms with Gasteiger partial charge in [0, 0.05) is 11.4 Å². The fraction of sp³-hybridized carbons (Fsp3) is 1.00.